The maximum atomic E-state index is 11.8. The monoisotopic (exact) mass is 303 g/mol. The summed E-state index contributed by atoms with van der Waals surface area (Å²) in [4.78, 5) is 2.23. The summed E-state index contributed by atoms with van der Waals surface area (Å²) in [5.41, 5.74) is 0. The van der Waals surface area contributed by atoms with Crippen molar-refractivity contribution in [1.29, 1.82) is 0 Å². The standard InChI is InChI=1S/C13H25N3O3S/c1-11(2)16(5)9-8-14-10-12-6-7-13(19-12)20(17,18)15(3)4/h6-7,11,14H,8-10H2,1-5H3. The van der Waals surface area contributed by atoms with Gasteiger partial charge < -0.3 is 14.6 Å². The number of hydrogen-bond acceptors (Lipinski definition) is 5. The van der Waals surface area contributed by atoms with E-state index in [1.54, 1.807) is 6.07 Å². The molecule has 0 radical (unpaired) electrons. The number of sulfonamides is 1. The molecule has 7 heteroatoms. The van der Waals surface area contributed by atoms with Crippen LogP contribution in [0.25, 0.3) is 0 Å². The number of nitrogens with zero attached hydrogens (tertiary/aromatic N) is 2. The summed E-state index contributed by atoms with van der Waals surface area (Å²) in [5.74, 6) is 0.623. The van der Waals surface area contributed by atoms with Gasteiger partial charge in [0, 0.05) is 33.2 Å². The maximum absolute atomic E-state index is 11.8. The summed E-state index contributed by atoms with van der Waals surface area (Å²) in [6, 6.07) is 3.69. The first-order valence-corrected chi connectivity index (χ1v) is 8.11. The average Bonchev–Trinajstić information content (AvgIpc) is 2.83. The van der Waals surface area contributed by atoms with Crippen LogP contribution in [0.2, 0.25) is 0 Å². The molecule has 0 unspecified atom stereocenters. The molecular formula is C13H25N3O3S. The molecular weight excluding hydrogens is 278 g/mol. The van der Waals surface area contributed by atoms with E-state index in [9.17, 15) is 8.42 Å². The number of rotatable bonds is 8. The van der Waals surface area contributed by atoms with Crippen molar-refractivity contribution in [3.63, 3.8) is 0 Å². The van der Waals surface area contributed by atoms with E-state index in [2.05, 4.69) is 31.1 Å². The van der Waals surface area contributed by atoms with Gasteiger partial charge in [0.1, 0.15) is 5.76 Å². The van der Waals surface area contributed by atoms with Gasteiger partial charge in [0.15, 0.2) is 0 Å². The van der Waals surface area contributed by atoms with Gasteiger partial charge >= 0.3 is 0 Å². The third kappa shape index (κ3) is 4.59. The molecule has 1 rings (SSSR count). The molecule has 0 saturated carbocycles. The minimum Gasteiger partial charge on any atom is -0.447 e. The highest BCUT2D eigenvalue weighted by Gasteiger charge is 2.21. The topological polar surface area (TPSA) is 65.8 Å². The minimum atomic E-state index is -3.48. The predicted octanol–water partition coefficient (Wildman–Crippen LogP) is 0.960. The van der Waals surface area contributed by atoms with E-state index in [4.69, 9.17) is 4.42 Å². The summed E-state index contributed by atoms with van der Waals surface area (Å²) in [7, 11) is 1.56. The van der Waals surface area contributed by atoms with Gasteiger partial charge in [-0.15, -0.1) is 0 Å². The molecule has 0 fully saturated rings. The predicted molar refractivity (Wildman–Crippen MR) is 79.1 cm³/mol. The van der Waals surface area contributed by atoms with Crippen molar-refractivity contribution in [2.24, 2.45) is 0 Å². The molecule has 0 bridgehead atoms. The molecule has 0 saturated heterocycles. The molecule has 1 aromatic heterocycles. The second-order valence-electron chi connectivity index (χ2n) is 5.26. The summed E-state index contributed by atoms with van der Waals surface area (Å²) in [6.45, 7) is 6.57. The van der Waals surface area contributed by atoms with Crippen LogP contribution in [0.3, 0.4) is 0 Å². The zero-order chi connectivity index (χ0) is 15.3. The zero-order valence-corrected chi connectivity index (χ0v) is 13.7. The lowest BCUT2D eigenvalue weighted by Gasteiger charge is -2.20. The van der Waals surface area contributed by atoms with Crippen LogP contribution in [-0.2, 0) is 16.6 Å². The van der Waals surface area contributed by atoms with Gasteiger partial charge in [0.05, 0.1) is 6.54 Å². The summed E-state index contributed by atoms with van der Waals surface area (Å²) in [6.07, 6.45) is 0. The smallest absolute Gasteiger partial charge is 0.275 e. The van der Waals surface area contributed by atoms with E-state index in [1.165, 1.54) is 20.2 Å². The van der Waals surface area contributed by atoms with Crippen LogP contribution in [0.1, 0.15) is 19.6 Å². The van der Waals surface area contributed by atoms with E-state index in [0.29, 0.717) is 18.3 Å². The van der Waals surface area contributed by atoms with Crippen molar-refractivity contribution in [2.75, 3.05) is 34.2 Å². The van der Waals surface area contributed by atoms with Crippen LogP contribution in [0, 0.1) is 0 Å². The fourth-order valence-electron chi connectivity index (χ4n) is 1.50. The van der Waals surface area contributed by atoms with E-state index in [0.717, 1.165) is 17.4 Å². The largest absolute Gasteiger partial charge is 0.447 e. The van der Waals surface area contributed by atoms with Crippen LogP contribution in [-0.4, -0.2) is 57.9 Å². The normalized spacial score (nSPS) is 12.8. The van der Waals surface area contributed by atoms with Crippen molar-refractivity contribution < 1.29 is 12.8 Å². The fraction of sp³-hybridized carbons (Fsp3) is 0.692. The lowest BCUT2D eigenvalue weighted by atomic mass is 10.3. The number of likely N-dealkylation sites (N-methyl/N-ethyl adjacent to an activating group) is 1. The molecule has 6 nitrogen and oxygen atoms in total. The van der Waals surface area contributed by atoms with Gasteiger partial charge in [-0.25, -0.2) is 12.7 Å². The molecule has 0 spiro atoms. The number of furan rings is 1. The quantitative estimate of drug-likeness (QED) is 0.725. The van der Waals surface area contributed by atoms with Crippen LogP contribution in [0.15, 0.2) is 21.6 Å². The van der Waals surface area contributed by atoms with Gasteiger partial charge in [0.2, 0.25) is 5.09 Å². The molecule has 0 aliphatic carbocycles. The molecule has 116 valence electrons. The Kier molecular flexibility index (Phi) is 6.19. The molecule has 0 aliphatic rings. The second kappa shape index (κ2) is 7.21. The molecule has 20 heavy (non-hydrogen) atoms. The van der Waals surface area contributed by atoms with Crippen LogP contribution in [0.5, 0.6) is 0 Å². The lowest BCUT2D eigenvalue weighted by Crippen LogP contribution is -2.33. The SMILES string of the molecule is CC(C)N(C)CCNCc1ccc(S(=O)(=O)N(C)C)o1. The first-order chi connectivity index (χ1) is 9.25. The lowest BCUT2D eigenvalue weighted by molar-refractivity contribution is 0.271. The zero-order valence-electron chi connectivity index (χ0n) is 12.9. The highest BCUT2D eigenvalue weighted by Crippen LogP contribution is 2.16. The Morgan fingerprint density at radius 2 is 1.90 bits per heavy atom. The summed E-state index contributed by atoms with van der Waals surface area (Å²) < 4.78 is 30.2. The first kappa shape index (κ1) is 17.2. The molecule has 0 amide bonds. The van der Waals surface area contributed by atoms with E-state index in [1.807, 2.05) is 0 Å². The van der Waals surface area contributed by atoms with Crippen LogP contribution >= 0.6 is 0 Å². The first-order valence-electron chi connectivity index (χ1n) is 6.67. The highest BCUT2D eigenvalue weighted by molar-refractivity contribution is 7.88. The van der Waals surface area contributed by atoms with Gasteiger partial charge in [0.25, 0.3) is 10.0 Å². The molecule has 1 heterocycles. The molecule has 0 aliphatic heterocycles. The van der Waals surface area contributed by atoms with Crippen molar-refractivity contribution in [2.45, 2.75) is 31.5 Å². The van der Waals surface area contributed by atoms with Gasteiger partial charge in [-0.3, -0.25) is 0 Å². The maximum Gasteiger partial charge on any atom is 0.275 e. The van der Waals surface area contributed by atoms with Gasteiger partial charge in [-0.1, -0.05) is 0 Å². The van der Waals surface area contributed by atoms with E-state index in [-0.39, 0.29) is 5.09 Å². The third-order valence-corrected chi connectivity index (χ3v) is 4.88. The van der Waals surface area contributed by atoms with Gasteiger partial charge in [-0.2, -0.15) is 0 Å². The van der Waals surface area contributed by atoms with Crippen LogP contribution in [0.4, 0.5) is 0 Å². The van der Waals surface area contributed by atoms with Crippen LogP contribution < -0.4 is 5.32 Å². The van der Waals surface area contributed by atoms with Crippen molar-refractivity contribution in [3.8, 4) is 0 Å². The second-order valence-corrected chi connectivity index (χ2v) is 7.34. The number of nitrogens with one attached hydrogen (secondary N) is 1. The van der Waals surface area contributed by atoms with E-state index < -0.39 is 10.0 Å². The van der Waals surface area contributed by atoms with Crippen molar-refractivity contribution in [1.82, 2.24) is 14.5 Å². The van der Waals surface area contributed by atoms with Crippen molar-refractivity contribution in [3.05, 3.63) is 17.9 Å². The Morgan fingerprint density at radius 1 is 1.25 bits per heavy atom. The fourth-order valence-corrected chi connectivity index (χ4v) is 2.31. The molecule has 1 aromatic rings. The highest BCUT2D eigenvalue weighted by atomic mass is 32.2. The molecule has 0 aromatic carbocycles. The Balaban J connectivity index is 2.46. The Labute approximate surface area is 121 Å². The average molecular weight is 303 g/mol. The number of hydrogen-bond donors (Lipinski definition) is 1. The Hall–Kier alpha value is -0.890. The molecule has 0 atom stereocenters. The van der Waals surface area contributed by atoms with E-state index >= 15 is 0 Å². The third-order valence-electron chi connectivity index (χ3n) is 3.19. The Morgan fingerprint density at radius 3 is 2.45 bits per heavy atom. The minimum absolute atomic E-state index is 0.0152. The van der Waals surface area contributed by atoms with Gasteiger partial charge in [-0.05, 0) is 33.0 Å². The Bertz CT molecular complexity index is 509. The van der Waals surface area contributed by atoms with Crippen molar-refractivity contribution >= 4 is 10.0 Å². The summed E-state index contributed by atoms with van der Waals surface area (Å²) >= 11 is 0. The summed E-state index contributed by atoms with van der Waals surface area (Å²) in [5, 5.41) is 3.22. The molecule has 1 N–H and O–H groups in total.